The number of hydrogen-bond acceptors (Lipinski definition) is 7. The summed E-state index contributed by atoms with van der Waals surface area (Å²) in [6.45, 7) is 8.03. The number of carbonyl (C=O) groups is 1. The molecule has 37 heavy (non-hydrogen) atoms. The molecule has 0 bridgehead atoms. The summed E-state index contributed by atoms with van der Waals surface area (Å²) in [5.74, 6) is -0.279. The molecule has 9 nitrogen and oxygen atoms in total. The van der Waals surface area contributed by atoms with E-state index >= 15 is 0 Å². The van der Waals surface area contributed by atoms with Gasteiger partial charge in [0.05, 0.1) is 11.3 Å². The number of aliphatic carboxylic acids is 1. The lowest BCUT2D eigenvalue weighted by Crippen LogP contribution is -2.39. The number of aryl methyl sites for hydroxylation is 1. The van der Waals surface area contributed by atoms with Gasteiger partial charge in [-0.3, -0.25) is 0 Å². The number of carboxylic acids is 1. The number of ether oxygens (including phenoxy) is 1. The first-order valence-corrected chi connectivity index (χ1v) is 12.4. The first-order chi connectivity index (χ1) is 17.7. The van der Waals surface area contributed by atoms with Crippen molar-refractivity contribution in [2.45, 2.75) is 46.3 Å². The Kier molecular flexibility index (Phi) is 6.55. The summed E-state index contributed by atoms with van der Waals surface area (Å²) in [4.78, 5) is 23.2. The lowest BCUT2D eigenvalue weighted by molar-refractivity contribution is -0.147. The molecule has 0 amide bonds. The lowest BCUT2D eigenvalue weighted by Gasteiger charge is -2.39. The minimum Gasteiger partial charge on any atom is -0.479 e. The molecule has 1 aliphatic rings. The SMILES string of the molecule is Cc1nc2cc(-c3cccc(OCc4ccccc4)n3)nn2c(N2CCC(C)(C)CC2)c1[C@H](O)C(=O)O. The third-order valence-electron chi connectivity index (χ3n) is 6.94. The van der Waals surface area contributed by atoms with E-state index in [9.17, 15) is 15.0 Å². The van der Waals surface area contributed by atoms with E-state index in [-0.39, 0.29) is 11.0 Å². The molecular formula is C28H31N5O4. The van der Waals surface area contributed by atoms with Gasteiger partial charge in [0.2, 0.25) is 5.88 Å². The van der Waals surface area contributed by atoms with Gasteiger partial charge < -0.3 is 19.8 Å². The van der Waals surface area contributed by atoms with Gasteiger partial charge in [0.25, 0.3) is 0 Å². The molecule has 1 saturated heterocycles. The van der Waals surface area contributed by atoms with Crippen LogP contribution in [0.3, 0.4) is 0 Å². The van der Waals surface area contributed by atoms with Gasteiger partial charge in [-0.25, -0.2) is 14.8 Å². The number of aliphatic hydroxyl groups excluding tert-OH is 1. The fraction of sp³-hybridized carbons (Fsp3) is 0.357. The van der Waals surface area contributed by atoms with E-state index in [2.05, 4.69) is 28.7 Å². The molecule has 0 aliphatic carbocycles. The Balaban J connectivity index is 1.54. The molecule has 1 aromatic carbocycles. The number of piperidine rings is 1. The second-order valence-electron chi connectivity index (χ2n) is 10.3. The van der Waals surface area contributed by atoms with Crippen molar-refractivity contribution >= 4 is 17.4 Å². The zero-order chi connectivity index (χ0) is 26.2. The van der Waals surface area contributed by atoms with Crippen LogP contribution >= 0.6 is 0 Å². The highest BCUT2D eigenvalue weighted by Gasteiger charge is 2.33. The summed E-state index contributed by atoms with van der Waals surface area (Å²) >= 11 is 0. The average molecular weight is 502 g/mol. The van der Waals surface area contributed by atoms with E-state index in [1.165, 1.54) is 0 Å². The van der Waals surface area contributed by atoms with Crippen LogP contribution in [0.2, 0.25) is 0 Å². The summed E-state index contributed by atoms with van der Waals surface area (Å²) < 4.78 is 7.54. The topological polar surface area (TPSA) is 113 Å². The number of aliphatic hydroxyl groups is 1. The van der Waals surface area contributed by atoms with Crippen LogP contribution in [0.5, 0.6) is 5.88 Å². The van der Waals surface area contributed by atoms with Crippen molar-refractivity contribution in [3.8, 4) is 17.3 Å². The number of nitrogens with zero attached hydrogens (tertiary/aromatic N) is 5. The highest BCUT2D eigenvalue weighted by atomic mass is 16.5. The summed E-state index contributed by atoms with van der Waals surface area (Å²) in [6, 6.07) is 17.2. The van der Waals surface area contributed by atoms with E-state index in [1.54, 1.807) is 17.5 Å². The van der Waals surface area contributed by atoms with Crippen LogP contribution in [0.1, 0.15) is 49.6 Å². The second kappa shape index (κ2) is 9.82. The van der Waals surface area contributed by atoms with Crippen LogP contribution in [0.25, 0.3) is 17.0 Å². The maximum Gasteiger partial charge on any atom is 0.337 e. The van der Waals surface area contributed by atoms with Crippen molar-refractivity contribution < 1.29 is 19.7 Å². The molecule has 0 saturated carbocycles. The van der Waals surface area contributed by atoms with Gasteiger partial charge in [-0.15, -0.1) is 0 Å². The van der Waals surface area contributed by atoms with Crippen molar-refractivity contribution in [2.75, 3.05) is 18.0 Å². The number of rotatable bonds is 7. The van der Waals surface area contributed by atoms with Gasteiger partial charge in [0.15, 0.2) is 11.8 Å². The fourth-order valence-corrected chi connectivity index (χ4v) is 4.68. The molecule has 0 radical (unpaired) electrons. The molecule has 1 fully saturated rings. The van der Waals surface area contributed by atoms with E-state index in [4.69, 9.17) is 9.84 Å². The Morgan fingerprint density at radius 2 is 1.78 bits per heavy atom. The van der Waals surface area contributed by atoms with Crippen molar-refractivity contribution in [2.24, 2.45) is 5.41 Å². The molecule has 9 heteroatoms. The van der Waals surface area contributed by atoms with Gasteiger partial charge >= 0.3 is 5.97 Å². The first kappa shape index (κ1) is 24.7. The Bertz CT molecular complexity index is 1420. The highest BCUT2D eigenvalue weighted by molar-refractivity contribution is 5.78. The highest BCUT2D eigenvalue weighted by Crippen LogP contribution is 2.37. The van der Waals surface area contributed by atoms with Crippen molar-refractivity contribution in [3.63, 3.8) is 0 Å². The van der Waals surface area contributed by atoms with Gasteiger partial charge in [0.1, 0.15) is 18.1 Å². The maximum atomic E-state index is 11.8. The Morgan fingerprint density at radius 1 is 1.05 bits per heavy atom. The Labute approximate surface area is 215 Å². The zero-order valence-corrected chi connectivity index (χ0v) is 21.3. The van der Waals surface area contributed by atoms with Gasteiger partial charge in [-0.1, -0.05) is 50.2 Å². The quantitative estimate of drug-likeness (QED) is 0.383. The smallest absolute Gasteiger partial charge is 0.337 e. The van der Waals surface area contributed by atoms with Crippen molar-refractivity contribution in [3.05, 3.63) is 71.4 Å². The third kappa shape index (κ3) is 5.13. The first-order valence-electron chi connectivity index (χ1n) is 12.4. The van der Waals surface area contributed by atoms with Crippen molar-refractivity contribution in [1.82, 2.24) is 19.6 Å². The molecule has 0 spiro atoms. The summed E-state index contributed by atoms with van der Waals surface area (Å²) in [7, 11) is 0. The normalized spacial score (nSPS) is 16.1. The lowest BCUT2D eigenvalue weighted by atomic mass is 9.82. The van der Waals surface area contributed by atoms with Crippen molar-refractivity contribution in [1.29, 1.82) is 0 Å². The summed E-state index contributed by atoms with van der Waals surface area (Å²) in [5.41, 5.74) is 3.72. The van der Waals surface area contributed by atoms with Gasteiger partial charge in [-0.2, -0.15) is 9.61 Å². The monoisotopic (exact) mass is 501 g/mol. The molecule has 192 valence electrons. The average Bonchev–Trinajstić information content (AvgIpc) is 3.31. The number of aromatic nitrogens is 4. The summed E-state index contributed by atoms with van der Waals surface area (Å²) in [6.07, 6.45) is 0.173. The van der Waals surface area contributed by atoms with E-state index in [0.717, 1.165) is 31.5 Å². The maximum absolute atomic E-state index is 11.8. The van der Waals surface area contributed by atoms with Crippen LogP contribution in [0.15, 0.2) is 54.6 Å². The number of hydrogen-bond donors (Lipinski definition) is 2. The molecule has 4 aromatic rings. The summed E-state index contributed by atoms with van der Waals surface area (Å²) in [5, 5.41) is 25.1. The second-order valence-corrected chi connectivity index (χ2v) is 10.3. The van der Waals surface area contributed by atoms with Crippen LogP contribution in [0, 0.1) is 12.3 Å². The standard InChI is InChI=1S/C28H31N5O4/c1-18-24(25(34)27(35)36)26(32-14-12-28(2,3)13-15-32)33-22(29-18)16-21(31-33)20-10-7-11-23(30-20)37-17-19-8-5-4-6-9-19/h4-11,16,25,34H,12-15,17H2,1-3H3,(H,35,36)/t25-/m0/s1. The Morgan fingerprint density at radius 3 is 2.49 bits per heavy atom. The minimum absolute atomic E-state index is 0.197. The molecule has 2 N–H and O–H groups in total. The molecule has 1 aliphatic heterocycles. The molecule has 5 rings (SSSR count). The molecule has 0 unspecified atom stereocenters. The van der Waals surface area contributed by atoms with Gasteiger partial charge in [-0.05, 0) is 36.8 Å². The largest absolute Gasteiger partial charge is 0.479 e. The minimum atomic E-state index is -1.71. The number of carboxylic acid groups (broad SMARTS) is 1. The van der Waals surface area contributed by atoms with Crippen LogP contribution in [-0.2, 0) is 11.4 Å². The number of fused-ring (bicyclic) bond motifs is 1. The van der Waals surface area contributed by atoms with Crippen LogP contribution in [0.4, 0.5) is 5.82 Å². The van der Waals surface area contributed by atoms with E-state index in [0.29, 0.717) is 41.0 Å². The molecule has 1 atom stereocenters. The predicted molar refractivity (Wildman–Crippen MR) is 140 cm³/mol. The molecular weight excluding hydrogens is 470 g/mol. The predicted octanol–water partition coefficient (Wildman–Crippen LogP) is 4.42. The molecule has 4 heterocycles. The zero-order valence-electron chi connectivity index (χ0n) is 21.3. The fourth-order valence-electron chi connectivity index (χ4n) is 4.68. The molecule has 3 aromatic heterocycles. The number of benzene rings is 1. The number of pyridine rings is 1. The third-order valence-corrected chi connectivity index (χ3v) is 6.94. The van der Waals surface area contributed by atoms with E-state index < -0.39 is 12.1 Å². The van der Waals surface area contributed by atoms with E-state index in [1.807, 2.05) is 48.5 Å². The number of anilines is 1. The van der Waals surface area contributed by atoms with Gasteiger partial charge in [0, 0.05) is 30.9 Å². The Hall–Kier alpha value is -3.98. The van der Waals surface area contributed by atoms with Crippen LogP contribution in [-0.4, -0.2) is 48.9 Å². The van der Waals surface area contributed by atoms with Crippen LogP contribution < -0.4 is 9.64 Å².